The van der Waals surface area contributed by atoms with E-state index in [9.17, 15) is 9.59 Å². The number of likely N-dealkylation sites (N-methyl/N-ethyl adjacent to an activating group) is 1. The van der Waals surface area contributed by atoms with E-state index in [1.165, 1.54) is 6.92 Å². The predicted octanol–water partition coefficient (Wildman–Crippen LogP) is 3.46. The van der Waals surface area contributed by atoms with Gasteiger partial charge in [0.2, 0.25) is 11.8 Å². The lowest BCUT2D eigenvalue weighted by molar-refractivity contribution is -0.129. The molecule has 0 bridgehead atoms. The number of thiazole rings is 1. The molecule has 0 atom stereocenters. The molecule has 1 heterocycles. The Balaban J connectivity index is 1.61. The number of nitrogens with zero attached hydrogens (tertiary/aromatic N) is 2. The molecule has 0 fully saturated rings. The standard InChI is InChI=1S/C19H19N3O2S/c1-13(23)20-15-9-7-14(8-10-15)11-19(24)22(2)12-18-21-16-5-3-4-6-17(16)25-18/h3-10H,11-12H2,1-2H3,(H,20,23). The normalized spacial score (nSPS) is 10.6. The molecular weight excluding hydrogens is 334 g/mol. The summed E-state index contributed by atoms with van der Waals surface area (Å²) in [5.74, 6) is -0.0778. The van der Waals surface area contributed by atoms with E-state index in [-0.39, 0.29) is 11.8 Å². The van der Waals surface area contributed by atoms with Crippen LogP contribution in [0.25, 0.3) is 10.2 Å². The van der Waals surface area contributed by atoms with Gasteiger partial charge in [0.05, 0.1) is 23.2 Å². The minimum absolute atomic E-state index is 0.0338. The first-order valence-corrected chi connectivity index (χ1v) is 8.78. The third kappa shape index (κ3) is 4.42. The summed E-state index contributed by atoms with van der Waals surface area (Å²) in [4.78, 5) is 29.7. The van der Waals surface area contributed by atoms with Crippen LogP contribution in [0.5, 0.6) is 0 Å². The van der Waals surface area contributed by atoms with E-state index in [0.717, 1.165) is 26.5 Å². The van der Waals surface area contributed by atoms with Crippen molar-refractivity contribution in [3.63, 3.8) is 0 Å². The number of para-hydroxylation sites is 1. The zero-order chi connectivity index (χ0) is 17.8. The summed E-state index contributed by atoms with van der Waals surface area (Å²) in [6.45, 7) is 1.97. The lowest BCUT2D eigenvalue weighted by atomic mass is 10.1. The van der Waals surface area contributed by atoms with Gasteiger partial charge < -0.3 is 10.2 Å². The van der Waals surface area contributed by atoms with Gasteiger partial charge in [-0.25, -0.2) is 4.98 Å². The summed E-state index contributed by atoms with van der Waals surface area (Å²) >= 11 is 1.61. The summed E-state index contributed by atoms with van der Waals surface area (Å²) in [6.07, 6.45) is 0.321. The van der Waals surface area contributed by atoms with Gasteiger partial charge in [-0.15, -0.1) is 11.3 Å². The van der Waals surface area contributed by atoms with E-state index in [0.29, 0.717) is 13.0 Å². The van der Waals surface area contributed by atoms with Crippen LogP contribution in [-0.4, -0.2) is 28.7 Å². The Morgan fingerprint density at radius 1 is 1.12 bits per heavy atom. The average Bonchev–Trinajstić information content (AvgIpc) is 2.98. The van der Waals surface area contributed by atoms with Crippen LogP contribution < -0.4 is 5.32 Å². The Labute approximate surface area is 150 Å². The molecule has 0 radical (unpaired) electrons. The van der Waals surface area contributed by atoms with Gasteiger partial charge in [0.25, 0.3) is 0 Å². The van der Waals surface area contributed by atoms with Crippen molar-refractivity contribution >= 4 is 39.1 Å². The maximum atomic E-state index is 12.4. The fraction of sp³-hybridized carbons (Fsp3) is 0.211. The van der Waals surface area contributed by atoms with E-state index in [1.54, 1.807) is 35.4 Å². The number of anilines is 1. The molecule has 1 aromatic heterocycles. The lowest BCUT2D eigenvalue weighted by Gasteiger charge is -2.15. The van der Waals surface area contributed by atoms with Gasteiger partial charge in [-0.2, -0.15) is 0 Å². The zero-order valence-electron chi connectivity index (χ0n) is 14.2. The van der Waals surface area contributed by atoms with Gasteiger partial charge in [0.15, 0.2) is 0 Å². The molecule has 2 amide bonds. The molecule has 3 rings (SSSR count). The van der Waals surface area contributed by atoms with E-state index in [4.69, 9.17) is 0 Å². The van der Waals surface area contributed by atoms with Crippen LogP contribution in [0.1, 0.15) is 17.5 Å². The highest BCUT2D eigenvalue weighted by Crippen LogP contribution is 2.22. The zero-order valence-corrected chi connectivity index (χ0v) is 15.0. The summed E-state index contributed by atoms with van der Waals surface area (Å²) in [5.41, 5.74) is 2.61. The smallest absolute Gasteiger partial charge is 0.227 e. The Hall–Kier alpha value is -2.73. The van der Waals surface area contributed by atoms with Gasteiger partial charge in [-0.3, -0.25) is 9.59 Å². The third-order valence-corrected chi connectivity index (χ3v) is 4.79. The summed E-state index contributed by atoms with van der Waals surface area (Å²) in [6, 6.07) is 15.3. The van der Waals surface area contributed by atoms with Crippen LogP contribution in [0.2, 0.25) is 0 Å². The highest BCUT2D eigenvalue weighted by molar-refractivity contribution is 7.18. The third-order valence-electron chi connectivity index (χ3n) is 3.77. The minimum Gasteiger partial charge on any atom is -0.339 e. The molecule has 6 heteroatoms. The van der Waals surface area contributed by atoms with Gasteiger partial charge in [-0.1, -0.05) is 24.3 Å². The molecule has 0 unspecified atom stereocenters. The first-order chi connectivity index (χ1) is 12.0. The number of benzene rings is 2. The highest BCUT2D eigenvalue weighted by Gasteiger charge is 2.13. The summed E-state index contributed by atoms with van der Waals surface area (Å²) in [5, 5.41) is 3.64. The number of hydrogen-bond acceptors (Lipinski definition) is 4. The fourth-order valence-electron chi connectivity index (χ4n) is 2.50. The summed E-state index contributed by atoms with van der Waals surface area (Å²) in [7, 11) is 1.79. The quantitative estimate of drug-likeness (QED) is 0.764. The number of carbonyl (C=O) groups is 2. The van der Waals surface area contributed by atoms with Crippen LogP contribution in [0.15, 0.2) is 48.5 Å². The van der Waals surface area contributed by atoms with E-state index < -0.39 is 0 Å². The fourth-order valence-corrected chi connectivity index (χ4v) is 3.52. The second kappa shape index (κ2) is 7.44. The van der Waals surface area contributed by atoms with Gasteiger partial charge in [0.1, 0.15) is 5.01 Å². The first-order valence-electron chi connectivity index (χ1n) is 7.96. The molecule has 0 saturated carbocycles. The van der Waals surface area contributed by atoms with Crippen molar-refractivity contribution in [3.05, 3.63) is 59.1 Å². The molecule has 1 N–H and O–H groups in total. The first kappa shape index (κ1) is 17.1. The van der Waals surface area contributed by atoms with Crippen LogP contribution in [0.3, 0.4) is 0 Å². The minimum atomic E-state index is -0.112. The van der Waals surface area contributed by atoms with Crippen LogP contribution >= 0.6 is 11.3 Å². The van der Waals surface area contributed by atoms with Crippen molar-refractivity contribution < 1.29 is 9.59 Å². The van der Waals surface area contributed by atoms with Crippen molar-refractivity contribution in [2.45, 2.75) is 19.9 Å². The monoisotopic (exact) mass is 353 g/mol. The highest BCUT2D eigenvalue weighted by atomic mass is 32.1. The van der Waals surface area contributed by atoms with Crippen LogP contribution in [-0.2, 0) is 22.6 Å². The Bertz CT molecular complexity index is 869. The lowest BCUT2D eigenvalue weighted by Crippen LogP contribution is -2.27. The number of nitrogens with one attached hydrogen (secondary N) is 1. The maximum Gasteiger partial charge on any atom is 0.227 e. The second-order valence-corrected chi connectivity index (χ2v) is 7.00. The molecule has 25 heavy (non-hydrogen) atoms. The maximum absolute atomic E-state index is 12.4. The van der Waals surface area contributed by atoms with Crippen LogP contribution in [0.4, 0.5) is 5.69 Å². The molecular formula is C19H19N3O2S. The van der Waals surface area contributed by atoms with Crippen molar-refractivity contribution in [2.75, 3.05) is 12.4 Å². The topological polar surface area (TPSA) is 62.3 Å². The van der Waals surface area contributed by atoms with Crippen LogP contribution in [0, 0.1) is 0 Å². The number of amides is 2. The number of aromatic nitrogens is 1. The van der Waals surface area contributed by atoms with Crippen molar-refractivity contribution in [3.8, 4) is 0 Å². The number of fused-ring (bicyclic) bond motifs is 1. The Morgan fingerprint density at radius 2 is 1.84 bits per heavy atom. The molecule has 0 spiro atoms. The van der Waals surface area contributed by atoms with E-state index >= 15 is 0 Å². The number of carbonyl (C=O) groups excluding carboxylic acids is 2. The molecule has 128 valence electrons. The van der Waals surface area contributed by atoms with Gasteiger partial charge in [0, 0.05) is 19.7 Å². The number of hydrogen-bond donors (Lipinski definition) is 1. The molecule has 0 aliphatic carbocycles. The molecule has 0 aliphatic heterocycles. The molecule has 0 saturated heterocycles. The Morgan fingerprint density at radius 3 is 2.52 bits per heavy atom. The largest absolute Gasteiger partial charge is 0.339 e. The number of rotatable bonds is 5. The van der Waals surface area contributed by atoms with Gasteiger partial charge >= 0.3 is 0 Å². The van der Waals surface area contributed by atoms with E-state index in [2.05, 4.69) is 10.3 Å². The predicted molar refractivity (Wildman–Crippen MR) is 101 cm³/mol. The van der Waals surface area contributed by atoms with Crippen molar-refractivity contribution in [1.82, 2.24) is 9.88 Å². The summed E-state index contributed by atoms with van der Waals surface area (Å²) < 4.78 is 1.13. The Kier molecular flexibility index (Phi) is 5.09. The molecule has 5 nitrogen and oxygen atoms in total. The molecule has 3 aromatic rings. The van der Waals surface area contributed by atoms with Gasteiger partial charge in [-0.05, 0) is 29.8 Å². The molecule has 2 aromatic carbocycles. The second-order valence-electron chi connectivity index (χ2n) is 5.88. The average molecular weight is 353 g/mol. The molecule has 0 aliphatic rings. The van der Waals surface area contributed by atoms with Crippen molar-refractivity contribution in [1.29, 1.82) is 0 Å². The van der Waals surface area contributed by atoms with E-state index in [1.807, 2.05) is 36.4 Å². The van der Waals surface area contributed by atoms with Crippen molar-refractivity contribution in [2.24, 2.45) is 0 Å². The SMILES string of the molecule is CC(=O)Nc1ccc(CC(=O)N(C)Cc2nc3ccccc3s2)cc1.